The van der Waals surface area contributed by atoms with E-state index in [0.717, 1.165) is 37.9 Å². The molecule has 1 atom stereocenters. The van der Waals surface area contributed by atoms with Gasteiger partial charge in [-0.05, 0) is 25.0 Å². The normalized spacial score (nSPS) is 26.0. The van der Waals surface area contributed by atoms with Crippen molar-refractivity contribution in [1.29, 1.82) is 0 Å². The molecule has 134 valence electrons. The number of fused-ring (bicyclic) bond motifs is 1. The predicted molar refractivity (Wildman–Crippen MR) is 97.7 cm³/mol. The lowest BCUT2D eigenvalue weighted by atomic mass is 9.94. The fourth-order valence-corrected chi connectivity index (χ4v) is 4.74. The largest absolute Gasteiger partial charge is 0.298 e. The van der Waals surface area contributed by atoms with Gasteiger partial charge in [-0.3, -0.25) is 24.3 Å². The SMILES string of the molecule is CC(=O)N1c2ccccc2C(=O)[C@H]1N1CCN(C2CCCCC2)CC1. The van der Waals surface area contributed by atoms with Crippen LogP contribution in [0.3, 0.4) is 0 Å². The van der Waals surface area contributed by atoms with Gasteiger partial charge < -0.3 is 0 Å². The first kappa shape index (κ1) is 16.7. The van der Waals surface area contributed by atoms with Crippen molar-refractivity contribution < 1.29 is 9.59 Å². The number of hydrogen-bond acceptors (Lipinski definition) is 4. The van der Waals surface area contributed by atoms with E-state index in [0.29, 0.717) is 5.56 Å². The summed E-state index contributed by atoms with van der Waals surface area (Å²) in [7, 11) is 0. The number of para-hydroxylation sites is 1. The first-order valence-electron chi connectivity index (χ1n) is 9.58. The maximum absolute atomic E-state index is 12.9. The summed E-state index contributed by atoms with van der Waals surface area (Å²) in [5.41, 5.74) is 1.44. The molecular formula is C20H27N3O2. The fourth-order valence-electron chi connectivity index (χ4n) is 4.74. The smallest absolute Gasteiger partial charge is 0.225 e. The van der Waals surface area contributed by atoms with Crippen molar-refractivity contribution in [2.75, 3.05) is 31.1 Å². The third-order valence-electron chi connectivity index (χ3n) is 6.03. The van der Waals surface area contributed by atoms with E-state index in [-0.39, 0.29) is 11.7 Å². The summed E-state index contributed by atoms with van der Waals surface area (Å²) in [6.07, 6.45) is 6.24. The number of Topliss-reactive ketones (excluding diaryl/α,β-unsaturated/α-hetero) is 1. The van der Waals surface area contributed by atoms with Crippen molar-refractivity contribution in [3.05, 3.63) is 29.8 Å². The zero-order chi connectivity index (χ0) is 17.4. The van der Waals surface area contributed by atoms with Crippen LogP contribution in [0, 0.1) is 0 Å². The summed E-state index contributed by atoms with van der Waals surface area (Å²) in [6.45, 7) is 5.25. The van der Waals surface area contributed by atoms with Gasteiger partial charge in [-0.1, -0.05) is 31.4 Å². The van der Waals surface area contributed by atoms with Crippen LogP contribution in [0.4, 0.5) is 5.69 Å². The Morgan fingerprint density at radius 2 is 1.60 bits per heavy atom. The minimum atomic E-state index is -0.455. The molecule has 0 radical (unpaired) electrons. The molecule has 5 heteroatoms. The number of nitrogens with zero attached hydrogens (tertiary/aromatic N) is 3. The van der Waals surface area contributed by atoms with E-state index in [2.05, 4.69) is 9.80 Å². The third-order valence-corrected chi connectivity index (χ3v) is 6.03. The molecule has 0 bridgehead atoms. The standard InChI is InChI=1S/C20H27N3O2/c1-15(24)23-18-10-6-5-9-17(18)19(25)20(23)22-13-11-21(12-14-22)16-7-3-2-4-8-16/h5-6,9-10,16,20H,2-4,7-8,11-14H2,1H3/t20-/m0/s1. The zero-order valence-corrected chi connectivity index (χ0v) is 15.0. The Bertz CT molecular complexity index is 661. The molecule has 5 nitrogen and oxygen atoms in total. The molecule has 2 fully saturated rings. The Morgan fingerprint density at radius 3 is 2.28 bits per heavy atom. The van der Waals surface area contributed by atoms with Crippen molar-refractivity contribution >= 4 is 17.4 Å². The van der Waals surface area contributed by atoms with Gasteiger partial charge in [-0.25, -0.2) is 0 Å². The average molecular weight is 341 g/mol. The fraction of sp³-hybridized carbons (Fsp3) is 0.600. The lowest BCUT2D eigenvalue weighted by Crippen LogP contribution is -2.59. The van der Waals surface area contributed by atoms with Gasteiger partial charge in [0, 0.05) is 44.7 Å². The summed E-state index contributed by atoms with van der Waals surface area (Å²) in [5, 5.41) is 0. The van der Waals surface area contributed by atoms with Gasteiger partial charge in [-0.2, -0.15) is 0 Å². The summed E-state index contributed by atoms with van der Waals surface area (Å²) in [4.78, 5) is 31.7. The summed E-state index contributed by atoms with van der Waals surface area (Å²) >= 11 is 0. The molecule has 1 aliphatic carbocycles. The quantitative estimate of drug-likeness (QED) is 0.829. The van der Waals surface area contributed by atoms with Gasteiger partial charge in [0.15, 0.2) is 6.17 Å². The molecule has 4 rings (SSSR count). The molecule has 1 amide bonds. The van der Waals surface area contributed by atoms with E-state index in [9.17, 15) is 9.59 Å². The van der Waals surface area contributed by atoms with Gasteiger partial charge in [0.2, 0.25) is 11.7 Å². The number of benzene rings is 1. The molecule has 0 N–H and O–H groups in total. The Hall–Kier alpha value is -1.72. The molecule has 1 aromatic rings. The minimum absolute atomic E-state index is 0.0574. The van der Waals surface area contributed by atoms with Crippen LogP contribution in [0.25, 0.3) is 0 Å². The van der Waals surface area contributed by atoms with Crippen molar-refractivity contribution in [2.45, 2.75) is 51.2 Å². The number of ketones is 1. The van der Waals surface area contributed by atoms with Crippen LogP contribution in [-0.4, -0.2) is 59.9 Å². The first-order chi connectivity index (χ1) is 12.2. The number of amides is 1. The second-order valence-corrected chi connectivity index (χ2v) is 7.51. The predicted octanol–water partition coefficient (Wildman–Crippen LogP) is 2.51. The van der Waals surface area contributed by atoms with Gasteiger partial charge in [-0.15, -0.1) is 0 Å². The van der Waals surface area contributed by atoms with Gasteiger partial charge in [0.05, 0.1) is 5.69 Å². The molecule has 2 aliphatic heterocycles. The van der Waals surface area contributed by atoms with E-state index in [1.54, 1.807) is 11.8 Å². The number of anilines is 1. The maximum Gasteiger partial charge on any atom is 0.225 e. The molecule has 2 heterocycles. The number of carbonyl (C=O) groups excluding carboxylic acids is 2. The number of rotatable bonds is 2. The van der Waals surface area contributed by atoms with Gasteiger partial charge in [0.25, 0.3) is 0 Å². The number of piperazine rings is 1. The molecule has 1 saturated heterocycles. The van der Waals surface area contributed by atoms with Crippen LogP contribution in [0.1, 0.15) is 49.4 Å². The molecule has 0 unspecified atom stereocenters. The van der Waals surface area contributed by atoms with Crippen molar-refractivity contribution in [2.24, 2.45) is 0 Å². The summed E-state index contributed by atoms with van der Waals surface area (Å²) in [6, 6.07) is 8.21. The highest BCUT2D eigenvalue weighted by molar-refractivity contribution is 6.17. The second-order valence-electron chi connectivity index (χ2n) is 7.51. The van der Waals surface area contributed by atoms with Crippen LogP contribution in [0.5, 0.6) is 0 Å². The Kier molecular flexibility index (Phi) is 4.61. The van der Waals surface area contributed by atoms with Crippen molar-refractivity contribution in [1.82, 2.24) is 9.80 Å². The van der Waals surface area contributed by atoms with Crippen LogP contribution in [0.2, 0.25) is 0 Å². The Labute approximate surface area is 149 Å². The van der Waals surface area contributed by atoms with Crippen molar-refractivity contribution in [3.8, 4) is 0 Å². The second kappa shape index (κ2) is 6.89. The van der Waals surface area contributed by atoms with Gasteiger partial charge in [0.1, 0.15) is 0 Å². The van der Waals surface area contributed by atoms with Crippen LogP contribution in [-0.2, 0) is 4.79 Å². The highest BCUT2D eigenvalue weighted by Crippen LogP contribution is 2.34. The first-order valence-corrected chi connectivity index (χ1v) is 9.58. The zero-order valence-electron chi connectivity index (χ0n) is 15.0. The molecule has 0 aromatic heterocycles. The van der Waals surface area contributed by atoms with E-state index in [1.165, 1.54) is 32.1 Å². The molecule has 1 aromatic carbocycles. The molecule has 0 spiro atoms. The maximum atomic E-state index is 12.9. The molecule has 25 heavy (non-hydrogen) atoms. The molecule has 1 saturated carbocycles. The summed E-state index contributed by atoms with van der Waals surface area (Å²) < 4.78 is 0. The van der Waals surface area contributed by atoms with E-state index in [4.69, 9.17) is 0 Å². The highest BCUT2D eigenvalue weighted by Gasteiger charge is 2.43. The van der Waals surface area contributed by atoms with Crippen LogP contribution < -0.4 is 4.90 Å². The van der Waals surface area contributed by atoms with E-state index >= 15 is 0 Å². The molecule has 3 aliphatic rings. The van der Waals surface area contributed by atoms with E-state index < -0.39 is 6.17 Å². The summed E-state index contributed by atoms with van der Waals surface area (Å²) in [5.74, 6) is 0.00919. The highest BCUT2D eigenvalue weighted by atomic mass is 16.2. The van der Waals surface area contributed by atoms with Gasteiger partial charge >= 0.3 is 0 Å². The molecular weight excluding hydrogens is 314 g/mol. The Balaban J connectivity index is 1.49. The van der Waals surface area contributed by atoms with E-state index in [1.807, 2.05) is 24.3 Å². The lowest BCUT2D eigenvalue weighted by Gasteiger charge is -2.43. The minimum Gasteiger partial charge on any atom is -0.298 e. The lowest BCUT2D eigenvalue weighted by molar-refractivity contribution is -0.117. The third kappa shape index (κ3) is 3.00. The monoisotopic (exact) mass is 341 g/mol. The number of carbonyl (C=O) groups is 2. The number of hydrogen-bond donors (Lipinski definition) is 0. The van der Waals surface area contributed by atoms with Crippen LogP contribution in [0.15, 0.2) is 24.3 Å². The average Bonchev–Trinajstić information content (AvgIpc) is 2.96. The Morgan fingerprint density at radius 1 is 0.960 bits per heavy atom. The van der Waals surface area contributed by atoms with Crippen molar-refractivity contribution in [3.63, 3.8) is 0 Å². The van der Waals surface area contributed by atoms with Crippen LogP contribution >= 0.6 is 0 Å². The topological polar surface area (TPSA) is 43.9 Å².